The van der Waals surface area contributed by atoms with E-state index in [2.05, 4.69) is 25.1 Å². The molecule has 0 radical (unpaired) electrons. The minimum Gasteiger partial charge on any atom is -0.454 e. The van der Waals surface area contributed by atoms with Crippen molar-refractivity contribution < 1.29 is 14.3 Å². The maximum absolute atomic E-state index is 12.4. The lowest BCUT2D eigenvalue weighted by molar-refractivity contribution is -0.122. The van der Waals surface area contributed by atoms with Gasteiger partial charge in [0, 0.05) is 32.7 Å². The number of amides is 1. The van der Waals surface area contributed by atoms with E-state index in [1.165, 1.54) is 0 Å². The predicted molar refractivity (Wildman–Crippen MR) is 112 cm³/mol. The average Bonchev–Trinajstić information content (AvgIpc) is 3.39. The number of aromatic amines is 1. The van der Waals surface area contributed by atoms with Crippen molar-refractivity contribution in [2.45, 2.75) is 13.1 Å². The first-order chi connectivity index (χ1) is 14.7. The smallest absolute Gasteiger partial charge is 0.234 e. The molecule has 2 N–H and O–H groups in total. The SMILES string of the molecule is O=C(CN1CCN(Cc2nc3ccccc3[nH]2)CC1)NCc1ccc2c(c1)OCO2. The van der Waals surface area contributed by atoms with Crippen molar-refractivity contribution in [3.8, 4) is 11.5 Å². The number of nitrogens with zero attached hydrogens (tertiary/aromatic N) is 3. The number of piperazine rings is 1. The number of H-pyrrole nitrogens is 1. The summed E-state index contributed by atoms with van der Waals surface area (Å²) in [5, 5.41) is 3.00. The topological polar surface area (TPSA) is 82.7 Å². The molecule has 0 saturated carbocycles. The molecule has 156 valence electrons. The molecule has 1 fully saturated rings. The number of aromatic nitrogens is 2. The molecule has 0 bridgehead atoms. The summed E-state index contributed by atoms with van der Waals surface area (Å²) in [5.41, 5.74) is 3.08. The quantitative estimate of drug-likeness (QED) is 0.648. The molecule has 30 heavy (non-hydrogen) atoms. The van der Waals surface area contributed by atoms with Gasteiger partial charge in [-0.25, -0.2) is 4.98 Å². The van der Waals surface area contributed by atoms with Gasteiger partial charge < -0.3 is 19.8 Å². The van der Waals surface area contributed by atoms with Crippen LogP contribution in [0.25, 0.3) is 11.0 Å². The second kappa shape index (κ2) is 8.33. The van der Waals surface area contributed by atoms with Crippen molar-refractivity contribution in [1.82, 2.24) is 25.1 Å². The summed E-state index contributed by atoms with van der Waals surface area (Å²) < 4.78 is 10.7. The fraction of sp³-hybridized carbons (Fsp3) is 0.364. The van der Waals surface area contributed by atoms with Gasteiger partial charge in [-0.1, -0.05) is 18.2 Å². The van der Waals surface area contributed by atoms with Gasteiger partial charge in [0.1, 0.15) is 5.82 Å². The van der Waals surface area contributed by atoms with E-state index in [1.807, 2.05) is 42.5 Å². The van der Waals surface area contributed by atoms with Crippen LogP contribution in [0.3, 0.4) is 0 Å². The largest absolute Gasteiger partial charge is 0.454 e. The highest BCUT2D eigenvalue weighted by Gasteiger charge is 2.20. The summed E-state index contributed by atoms with van der Waals surface area (Å²) in [5.74, 6) is 2.53. The third-order valence-electron chi connectivity index (χ3n) is 5.57. The molecule has 2 aromatic carbocycles. The lowest BCUT2D eigenvalue weighted by atomic mass is 10.2. The Balaban J connectivity index is 1.06. The highest BCUT2D eigenvalue weighted by molar-refractivity contribution is 5.78. The molecule has 1 aromatic heterocycles. The number of carbonyl (C=O) groups is 1. The minimum atomic E-state index is 0.0402. The van der Waals surface area contributed by atoms with Gasteiger partial charge in [-0.15, -0.1) is 0 Å². The first-order valence-electron chi connectivity index (χ1n) is 10.3. The monoisotopic (exact) mass is 407 g/mol. The van der Waals surface area contributed by atoms with Crippen LogP contribution in [0.4, 0.5) is 0 Å². The number of ether oxygens (including phenoxy) is 2. The van der Waals surface area contributed by atoms with Crippen LogP contribution in [-0.2, 0) is 17.9 Å². The van der Waals surface area contributed by atoms with Crippen LogP contribution >= 0.6 is 0 Å². The van der Waals surface area contributed by atoms with E-state index < -0.39 is 0 Å². The van der Waals surface area contributed by atoms with E-state index in [0.29, 0.717) is 13.1 Å². The number of hydrogen-bond acceptors (Lipinski definition) is 6. The molecular weight excluding hydrogens is 382 g/mol. The van der Waals surface area contributed by atoms with Crippen LogP contribution in [0, 0.1) is 0 Å². The summed E-state index contributed by atoms with van der Waals surface area (Å²) in [7, 11) is 0. The zero-order valence-corrected chi connectivity index (χ0v) is 16.8. The number of carbonyl (C=O) groups excluding carboxylic acids is 1. The van der Waals surface area contributed by atoms with Crippen molar-refractivity contribution in [1.29, 1.82) is 0 Å². The molecule has 0 aliphatic carbocycles. The predicted octanol–water partition coefficient (Wildman–Crippen LogP) is 1.73. The first-order valence-corrected chi connectivity index (χ1v) is 10.3. The summed E-state index contributed by atoms with van der Waals surface area (Å²) >= 11 is 0. The Kier molecular flexibility index (Phi) is 5.25. The summed E-state index contributed by atoms with van der Waals surface area (Å²) in [6, 6.07) is 13.8. The molecule has 0 unspecified atom stereocenters. The number of imidazole rings is 1. The fourth-order valence-electron chi connectivity index (χ4n) is 3.91. The van der Waals surface area contributed by atoms with Gasteiger partial charge >= 0.3 is 0 Å². The highest BCUT2D eigenvalue weighted by atomic mass is 16.7. The molecule has 0 spiro atoms. The lowest BCUT2D eigenvalue weighted by Gasteiger charge is -2.33. The summed E-state index contributed by atoms with van der Waals surface area (Å²) in [6.07, 6.45) is 0. The maximum atomic E-state index is 12.4. The summed E-state index contributed by atoms with van der Waals surface area (Å²) in [6.45, 7) is 5.56. The van der Waals surface area contributed by atoms with E-state index in [1.54, 1.807) is 0 Å². The van der Waals surface area contributed by atoms with Gasteiger partial charge in [-0.3, -0.25) is 14.6 Å². The van der Waals surface area contributed by atoms with Crippen LogP contribution in [0.2, 0.25) is 0 Å². The van der Waals surface area contributed by atoms with Gasteiger partial charge in [0.15, 0.2) is 11.5 Å². The van der Waals surface area contributed by atoms with Crippen LogP contribution in [0.1, 0.15) is 11.4 Å². The number of hydrogen-bond donors (Lipinski definition) is 2. The lowest BCUT2D eigenvalue weighted by Crippen LogP contribution is -2.49. The number of nitrogens with one attached hydrogen (secondary N) is 2. The molecule has 3 heterocycles. The maximum Gasteiger partial charge on any atom is 0.234 e. The van der Waals surface area contributed by atoms with Crippen molar-refractivity contribution in [2.24, 2.45) is 0 Å². The van der Waals surface area contributed by atoms with Gasteiger partial charge in [0.25, 0.3) is 0 Å². The summed E-state index contributed by atoms with van der Waals surface area (Å²) in [4.78, 5) is 25.0. The zero-order chi connectivity index (χ0) is 20.3. The second-order valence-electron chi connectivity index (χ2n) is 7.72. The van der Waals surface area contributed by atoms with E-state index in [0.717, 1.165) is 66.6 Å². The third-order valence-corrected chi connectivity index (χ3v) is 5.57. The van der Waals surface area contributed by atoms with Gasteiger partial charge in [-0.2, -0.15) is 0 Å². The Morgan fingerprint density at radius 3 is 2.70 bits per heavy atom. The molecule has 1 saturated heterocycles. The molecule has 5 rings (SSSR count). The van der Waals surface area contributed by atoms with Crippen LogP contribution < -0.4 is 14.8 Å². The van der Waals surface area contributed by atoms with Crippen molar-refractivity contribution >= 4 is 16.9 Å². The normalized spacial score (nSPS) is 16.8. The minimum absolute atomic E-state index is 0.0402. The average molecular weight is 407 g/mol. The van der Waals surface area contributed by atoms with Crippen molar-refractivity contribution in [3.63, 3.8) is 0 Å². The van der Waals surface area contributed by atoms with E-state index in [9.17, 15) is 4.79 Å². The van der Waals surface area contributed by atoms with Crippen LogP contribution in [-0.4, -0.2) is 65.2 Å². The Labute approximate surface area is 174 Å². The second-order valence-corrected chi connectivity index (χ2v) is 7.72. The van der Waals surface area contributed by atoms with E-state index in [-0.39, 0.29) is 12.7 Å². The Morgan fingerprint density at radius 2 is 1.83 bits per heavy atom. The Bertz CT molecular complexity index is 1010. The van der Waals surface area contributed by atoms with Crippen LogP contribution in [0.15, 0.2) is 42.5 Å². The Hall–Kier alpha value is -3.10. The number of benzene rings is 2. The molecule has 0 atom stereocenters. The first kappa shape index (κ1) is 18.9. The van der Waals surface area contributed by atoms with Gasteiger partial charge in [0.2, 0.25) is 12.7 Å². The number of rotatable bonds is 6. The van der Waals surface area contributed by atoms with Gasteiger partial charge in [-0.05, 0) is 29.8 Å². The van der Waals surface area contributed by atoms with Crippen LogP contribution in [0.5, 0.6) is 11.5 Å². The highest BCUT2D eigenvalue weighted by Crippen LogP contribution is 2.32. The fourth-order valence-corrected chi connectivity index (χ4v) is 3.91. The standard InChI is InChI=1S/C22H25N5O3/c28-22(23-12-16-5-6-19-20(11-16)30-15-29-19)14-27-9-7-26(8-10-27)13-21-24-17-3-1-2-4-18(17)25-21/h1-6,11H,7-10,12-15H2,(H,23,28)(H,24,25). The van der Waals surface area contributed by atoms with Gasteiger partial charge in [0.05, 0.1) is 24.1 Å². The molecule has 3 aromatic rings. The number of fused-ring (bicyclic) bond motifs is 2. The molecule has 1 amide bonds. The zero-order valence-electron chi connectivity index (χ0n) is 16.8. The van der Waals surface area contributed by atoms with Crippen molar-refractivity contribution in [2.75, 3.05) is 39.5 Å². The third kappa shape index (κ3) is 4.24. The molecule has 2 aliphatic rings. The van der Waals surface area contributed by atoms with Crippen molar-refractivity contribution in [3.05, 3.63) is 53.9 Å². The molecule has 8 heteroatoms. The molecule has 8 nitrogen and oxygen atoms in total. The molecular formula is C22H25N5O3. The van der Waals surface area contributed by atoms with E-state index >= 15 is 0 Å². The van der Waals surface area contributed by atoms with E-state index in [4.69, 9.17) is 9.47 Å². The molecule has 2 aliphatic heterocycles. The number of para-hydroxylation sites is 2. The Morgan fingerprint density at radius 1 is 1.03 bits per heavy atom.